The van der Waals surface area contributed by atoms with Crippen molar-refractivity contribution in [3.05, 3.63) is 35.8 Å². The number of halogens is 1. The van der Waals surface area contributed by atoms with Gasteiger partial charge in [-0.05, 0) is 39.0 Å². The fourth-order valence-electron chi connectivity index (χ4n) is 3.03. The molecular weight excluding hydrogens is 311 g/mol. The second kappa shape index (κ2) is 6.76. The highest BCUT2D eigenvalue weighted by Gasteiger charge is 2.24. The van der Waals surface area contributed by atoms with Gasteiger partial charge in [0.15, 0.2) is 0 Å². The van der Waals surface area contributed by atoms with Gasteiger partial charge >= 0.3 is 0 Å². The maximum absolute atomic E-state index is 14.6. The topological polar surface area (TPSA) is 63.4 Å². The lowest BCUT2D eigenvalue weighted by molar-refractivity contribution is -0.00539. The number of morpholine rings is 1. The molecule has 1 aliphatic rings. The van der Waals surface area contributed by atoms with Crippen LogP contribution in [0.2, 0.25) is 0 Å². The number of benzene rings is 1. The summed E-state index contributed by atoms with van der Waals surface area (Å²) in [6.45, 7) is 9.01. The third-order valence-corrected chi connectivity index (χ3v) is 4.00. The van der Waals surface area contributed by atoms with E-state index in [-0.39, 0.29) is 24.1 Å². The van der Waals surface area contributed by atoms with Gasteiger partial charge in [0.25, 0.3) is 0 Å². The molecule has 3 rings (SSSR count). The molecule has 24 heavy (non-hydrogen) atoms. The molecule has 130 valence electrons. The summed E-state index contributed by atoms with van der Waals surface area (Å²) in [7, 11) is 0. The molecule has 6 nitrogen and oxygen atoms in total. The second-order valence-electron chi connectivity index (χ2n) is 6.35. The number of aromatic nitrogens is 2. The van der Waals surface area contributed by atoms with E-state index in [1.54, 1.807) is 13.0 Å². The highest BCUT2D eigenvalue weighted by atomic mass is 19.1. The molecule has 0 amide bonds. The molecule has 0 unspecified atom stereocenters. The highest BCUT2D eigenvalue weighted by molar-refractivity contribution is 5.57. The molecule has 1 aliphatic heterocycles. The first-order chi connectivity index (χ1) is 11.4. The minimum atomic E-state index is -0.254. The van der Waals surface area contributed by atoms with Crippen molar-refractivity contribution < 1.29 is 13.5 Å². The Hall–Kier alpha value is -2.15. The van der Waals surface area contributed by atoms with E-state index < -0.39 is 0 Å². The number of hydrogen-bond acceptors (Lipinski definition) is 6. The molecule has 2 aromatic rings. The van der Waals surface area contributed by atoms with Crippen LogP contribution >= 0.6 is 0 Å². The molecule has 1 aromatic heterocycles. The van der Waals surface area contributed by atoms with Crippen LogP contribution in [0, 0.1) is 12.7 Å². The van der Waals surface area contributed by atoms with Gasteiger partial charge in [0.2, 0.25) is 11.8 Å². The molecule has 1 N–H and O–H groups in total. The molecule has 0 spiro atoms. The molecule has 1 fully saturated rings. The number of hydrogen-bond donors (Lipinski definition) is 1. The summed E-state index contributed by atoms with van der Waals surface area (Å²) in [6, 6.07) is 4.97. The van der Waals surface area contributed by atoms with Gasteiger partial charge in [0.1, 0.15) is 11.9 Å². The third kappa shape index (κ3) is 3.67. The van der Waals surface area contributed by atoms with Crippen molar-refractivity contribution in [2.75, 3.05) is 23.3 Å². The average molecular weight is 334 g/mol. The normalized spacial score (nSPS) is 22.5. The van der Waals surface area contributed by atoms with Crippen LogP contribution in [0.15, 0.2) is 22.6 Å². The number of nitrogens with zero attached hydrogens (tertiary/aromatic N) is 3. The standard InChI is InChI=1S/C17H23FN4O2/c1-10-8-22(9-11(2)23-10)16-6-5-14(7-15(16)18)19-12(3)17-21-20-13(4)24-17/h5-7,10-12,19H,8-9H2,1-4H3/t10-,11-,12-/m0/s1. The zero-order valence-corrected chi connectivity index (χ0v) is 14.4. The predicted octanol–water partition coefficient (Wildman–Crippen LogP) is 3.30. The third-order valence-electron chi connectivity index (χ3n) is 4.00. The summed E-state index contributed by atoms with van der Waals surface area (Å²) in [4.78, 5) is 2.03. The Morgan fingerprint density at radius 3 is 2.54 bits per heavy atom. The molecule has 2 heterocycles. The van der Waals surface area contributed by atoms with E-state index in [0.29, 0.717) is 36.2 Å². The largest absolute Gasteiger partial charge is 0.423 e. The van der Waals surface area contributed by atoms with Gasteiger partial charge in [-0.3, -0.25) is 0 Å². The molecule has 3 atom stereocenters. The highest BCUT2D eigenvalue weighted by Crippen LogP contribution is 2.27. The first kappa shape index (κ1) is 16.7. The van der Waals surface area contributed by atoms with Crippen molar-refractivity contribution in [2.45, 2.75) is 45.9 Å². The zero-order valence-electron chi connectivity index (χ0n) is 14.4. The van der Waals surface area contributed by atoms with Crippen molar-refractivity contribution in [2.24, 2.45) is 0 Å². The molecule has 1 aromatic carbocycles. The van der Waals surface area contributed by atoms with Crippen molar-refractivity contribution in [1.29, 1.82) is 0 Å². The van der Waals surface area contributed by atoms with E-state index in [4.69, 9.17) is 9.15 Å². The summed E-state index contributed by atoms with van der Waals surface area (Å²) in [6.07, 6.45) is 0.179. The molecule has 0 radical (unpaired) electrons. The summed E-state index contributed by atoms with van der Waals surface area (Å²) < 4.78 is 25.7. The van der Waals surface area contributed by atoms with Crippen molar-refractivity contribution in [3.8, 4) is 0 Å². The molecule has 7 heteroatoms. The van der Waals surface area contributed by atoms with Crippen LogP contribution < -0.4 is 10.2 Å². The van der Waals surface area contributed by atoms with Crippen LogP contribution in [-0.4, -0.2) is 35.5 Å². The van der Waals surface area contributed by atoms with Gasteiger partial charge in [-0.2, -0.15) is 0 Å². The van der Waals surface area contributed by atoms with Gasteiger partial charge in [-0.1, -0.05) is 0 Å². The Bertz CT molecular complexity index is 696. The maximum atomic E-state index is 14.6. The molecule has 0 aliphatic carbocycles. The predicted molar refractivity (Wildman–Crippen MR) is 89.7 cm³/mol. The monoisotopic (exact) mass is 334 g/mol. The van der Waals surface area contributed by atoms with Crippen molar-refractivity contribution in [3.63, 3.8) is 0 Å². The number of aryl methyl sites for hydroxylation is 1. The number of rotatable bonds is 4. The Balaban J connectivity index is 1.72. The second-order valence-corrected chi connectivity index (χ2v) is 6.35. The minimum absolute atomic E-state index is 0.0896. The van der Waals surface area contributed by atoms with Crippen molar-refractivity contribution in [1.82, 2.24) is 10.2 Å². The first-order valence-corrected chi connectivity index (χ1v) is 8.19. The van der Waals surface area contributed by atoms with E-state index in [1.165, 1.54) is 6.07 Å². The van der Waals surface area contributed by atoms with Crippen LogP contribution in [0.25, 0.3) is 0 Å². The van der Waals surface area contributed by atoms with E-state index in [1.807, 2.05) is 31.7 Å². The Morgan fingerprint density at radius 2 is 1.96 bits per heavy atom. The summed E-state index contributed by atoms with van der Waals surface area (Å²) in [5.74, 6) is 0.735. The Labute approximate surface area is 141 Å². The van der Waals surface area contributed by atoms with Gasteiger partial charge in [0.05, 0.1) is 17.9 Å². The average Bonchev–Trinajstić information content (AvgIpc) is 2.93. The fraction of sp³-hybridized carbons (Fsp3) is 0.529. The fourth-order valence-corrected chi connectivity index (χ4v) is 3.03. The smallest absolute Gasteiger partial charge is 0.238 e. The lowest BCUT2D eigenvalue weighted by Gasteiger charge is -2.37. The summed E-state index contributed by atoms with van der Waals surface area (Å²) >= 11 is 0. The maximum Gasteiger partial charge on any atom is 0.238 e. The lowest BCUT2D eigenvalue weighted by atomic mass is 10.1. The zero-order chi connectivity index (χ0) is 17.3. The van der Waals surface area contributed by atoms with Crippen LogP contribution in [-0.2, 0) is 4.74 Å². The van der Waals surface area contributed by atoms with E-state index in [9.17, 15) is 4.39 Å². The first-order valence-electron chi connectivity index (χ1n) is 8.19. The molecule has 1 saturated heterocycles. The lowest BCUT2D eigenvalue weighted by Crippen LogP contribution is -2.45. The number of anilines is 2. The number of nitrogens with one attached hydrogen (secondary N) is 1. The molecular formula is C17H23FN4O2. The van der Waals surface area contributed by atoms with Gasteiger partial charge in [0, 0.05) is 25.7 Å². The van der Waals surface area contributed by atoms with Gasteiger partial charge < -0.3 is 19.4 Å². The molecule has 0 bridgehead atoms. The van der Waals surface area contributed by atoms with Crippen LogP contribution in [0.5, 0.6) is 0 Å². The van der Waals surface area contributed by atoms with E-state index in [0.717, 1.165) is 0 Å². The van der Waals surface area contributed by atoms with Crippen LogP contribution in [0.1, 0.15) is 38.6 Å². The minimum Gasteiger partial charge on any atom is -0.423 e. The van der Waals surface area contributed by atoms with E-state index in [2.05, 4.69) is 15.5 Å². The summed E-state index contributed by atoms with van der Waals surface area (Å²) in [5, 5.41) is 11.0. The molecule has 0 saturated carbocycles. The Morgan fingerprint density at radius 1 is 1.25 bits per heavy atom. The SMILES string of the molecule is Cc1nnc([C@H](C)Nc2ccc(N3C[C@H](C)O[C@@H](C)C3)c(F)c2)o1. The Kier molecular flexibility index (Phi) is 4.71. The van der Waals surface area contributed by atoms with Crippen LogP contribution in [0.3, 0.4) is 0 Å². The van der Waals surface area contributed by atoms with E-state index >= 15 is 0 Å². The van der Waals surface area contributed by atoms with Gasteiger partial charge in [-0.15, -0.1) is 10.2 Å². The summed E-state index contributed by atoms with van der Waals surface area (Å²) in [5.41, 5.74) is 1.28. The van der Waals surface area contributed by atoms with Crippen molar-refractivity contribution >= 4 is 11.4 Å². The quantitative estimate of drug-likeness (QED) is 0.925. The van der Waals surface area contributed by atoms with Crippen LogP contribution in [0.4, 0.5) is 15.8 Å². The van der Waals surface area contributed by atoms with Gasteiger partial charge in [-0.25, -0.2) is 4.39 Å². The number of ether oxygens (including phenoxy) is 1.